The van der Waals surface area contributed by atoms with Crippen molar-refractivity contribution in [2.24, 2.45) is 10.9 Å². The first-order valence-electron chi connectivity index (χ1n) is 6.87. The Morgan fingerprint density at radius 1 is 1.14 bits per heavy atom. The largest absolute Gasteiger partial charge is 0.409 e. The summed E-state index contributed by atoms with van der Waals surface area (Å²) in [5.74, 6) is 0.663. The van der Waals surface area contributed by atoms with Gasteiger partial charge in [0.25, 0.3) is 0 Å². The van der Waals surface area contributed by atoms with Crippen LogP contribution < -0.4 is 5.73 Å². The molecular formula is C17H20N2OS. The molecule has 0 amide bonds. The highest BCUT2D eigenvalue weighted by molar-refractivity contribution is 7.99. The Balaban J connectivity index is 2.31. The van der Waals surface area contributed by atoms with E-state index in [0.29, 0.717) is 5.92 Å². The highest BCUT2D eigenvalue weighted by Gasteiger charge is 2.09. The Morgan fingerprint density at radius 2 is 1.81 bits per heavy atom. The maximum atomic E-state index is 8.92. The number of amidine groups is 1. The van der Waals surface area contributed by atoms with E-state index in [-0.39, 0.29) is 5.84 Å². The van der Waals surface area contributed by atoms with Crippen molar-refractivity contribution in [2.75, 3.05) is 0 Å². The summed E-state index contributed by atoms with van der Waals surface area (Å²) in [6.45, 7) is 6.34. The first-order chi connectivity index (χ1) is 10.0. The van der Waals surface area contributed by atoms with E-state index in [2.05, 4.69) is 43.3 Å². The molecule has 0 saturated heterocycles. The lowest BCUT2D eigenvalue weighted by Gasteiger charge is -2.10. The third kappa shape index (κ3) is 3.79. The van der Waals surface area contributed by atoms with Crippen LogP contribution in [0.3, 0.4) is 0 Å². The Labute approximate surface area is 129 Å². The first kappa shape index (κ1) is 15.4. The minimum absolute atomic E-state index is 0.139. The molecule has 2 rings (SSSR count). The number of benzene rings is 2. The van der Waals surface area contributed by atoms with Gasteiger partial charge in [0.05, 0.1) is 0 Å². The van der Waals surface area contributed by atoms with E-state index in [4.69, 9.17) is 10.9 Å². The molecule has 2 aromatic carbocycles. The molecule has 0 saturated carbocycles. The fourth-order valence-corrected chi connectivity index (χ4v) is 2.97. The van der Waals surface area contributed by atoms with E-state index in [1.165, 1.54) is 5.56 Å². The van der Waals surface area contributed by atoms with E-state index in [1.807, 2.05) is 25.1 Å². The van der Waals surface area contributed by atoms with Gasteiger partial charge in [-0.2, -0.15) is 0 Å². The van der Waals surface area contributed by atoms with Gasteiger partial charge in [-0.1, -0.05) is 54.5 Å². The molecule has 110 valence electrons. The first-order valence-corrected chi connectivity index (χ1v) is 7.69. The molecule has 0 unspecified atom stereocenters. The normalized spacial score (nSPS) is 11.9. The maximum Gasteiger partial charge on any atom is 0.171 e. The average Bonchev–Trinajstić information content (AvgIpc) is 2.48. The quantitative estimate of drug-likeness (QED) is 0.381. The van der Waals surface area contributed by atoms with Gasteiger partial charge in [0.1, 0.15) is 0 Å². The molecule has 0 fully saturated rings. The van der Waals surface area contributed by atoms with Crippen molar-refractivity contribution in [1.29, 1.82) is 0 Å². The lowest BCUT2D eigenvalue weighted by atomic mass is 10.0. The molecule has 0 aliphatic rings. The Kier molecular flexibility index (Phi) is 4.91. The van der Waals surface area contributed by atoms with Crippen LogP contribution in [-0.2, 0) is 0 Å². The molecule has 0 radical (unpaired) electrons. The van der Waals surface area contributed by atoms with Gasteiger partial charge in [0.2, 0.25) is 0 Å². The molecule has 0 aliphatic carbocycles. The van der Waals surface area contributed by atoms with Crippen LogP contribution in [0.15, 0.2) is 57.4 Å². The zero-order valence-electron chi connectivity index (χ0n) is 12.5. The van der Waals surface area contributed by atoms with Crippen LogP contribution >= 0.6 is 11.8 Å². The molecular weight excluding hydrogens is 280 g/mol. The molecule has 0 aromatic heterocycles. The number of nitrogens with two attached hydrogens (primary N) is 1. The predicted octanol–water partition coefficient (Wildman–Crippen LogP) is 4.36. The van der Waals surface area contributed by atoms with Crippen LogP contribution in [-0.4, -0.2) is 11.0 Å². The van der Waals surface area contributed by atoms with Crippen molar-refractivity contribution in [3.05, 3.63) is 59.2 Å². The molecule has 0 atom stereocenters. The summed E-state index contributed by atoms with van der Waals surface area (Å²) < 4.78 is 0. The van der Waals surface area contributed by atoms with Crippen molar-refractivity contribution in [1.82, 2.24) is 0 Å². The number of hydrogen-bond donors (Lipinski definition) is 2. The fraction of sp³-hybridized carbons (Fsp3) is 0.235. The molecule has 0 heterocycles. The summed E-state index contributed by atoms with van der Waals surface area (Å²) >= 11 is 1.62. The Hall–Kier alpha value is -1.94. The number of nitrogens with zero attached hydrogens (tertiary/aromatic N) is 1. The second-order valence-corrected chi connectivity index (χ2v) is 6.43. The van der Waals surface area contributed by atoms with Crippen molar-refractivity contribution in [3.8, 4) is 0 Å². The number of hydrogen-bond acceptors (Lipinski definition) is 3. The third-order valence-corrected chi connectivity index (χ3v) is 4.38. The van der Waals surface area contributed by atoms with Crippen LogP contribution in [0.2, 0.25) is 0 Å². The van der Waals surface area contributed by atoms with E-state index < -0.39 is 0 Å². The Bertz CT molecular complexity index is 648. The summed E-state index contributed by atoms with van der Waals surface area (Å²) in [6.07, 6.45) is 0. The molecule has 3 N–H and O–H groups in total. The van der Waals surface area contributed by atoms with Gasteiger partial charge in [-0.05, 0) is 42.7 Å². The lowest BCUT2D eigenvalue weighted by molar-refractivity contribution is 0.318. The summed E-state index contributed by atoms with van der Waals surface area (Å²) in [4.78, 5) is 2.11. The van der Waals surface area contributed by atoms with Gasteiger partial charge in [-0.25, -0.2) is 0 Å². The lowest BCUT2D eigenvalue weighted by Crippen LogP contribution is -2.14. The summed E-state index contributed by atoms with van der Waals surface area (Å²) in [5.41, 5.74) is 8.93. The second-order valence-electron chi connectivity index (χ2n) is 5.31. The smallest absolute Gasteiger partial charge is 0.171 e. The zero-order valence-corrected chi connectivity index (χ0v) is 13.3. The molecule has 3 nitrogen and oxygen atoms in total. The van der Waals surface area contributed by atoms with Crippen LogP contribution in [0.4, 0.5) is 0 Å². The van der Waals surface area contributed by atoms with Crippen LogP contribution in [0.1, 0.15) is 36.5 Å². The average molecular weight is 300 g/mol. The van der Waals surface area contributed by atoms with Gasteiger partial charge in [-0.15, -0.1) is 0 Å². The highest BCUT2D eigenvalue weighted by Crippen LogP contribution is 2.32. The van der Waals surface area contributed by atoms with Gasteiger partial charge >= 0.3 is 0 Å². The van der Waals surface area contributed by atoms with E-state index in [9.17, 15) is 0 Å². The topological polar surface area (TPSA) is 58.6 Å². The highest BCUT2D eigenvalue weighted by atomic mass is 32.2. The number of rotatable bonds is 4. The van der Waals surface area contributed by atoms with Gasteiger partial charge < -0.3 is 10.9 Å². The van der Waals surface area contributed by atoms with Gasteiger partial charge in [0, 0.05) is 15.4 Å². The maximum absolute atomic E-state index is 8.92. The summed E-state index contributed by atoms with van der Waals surface area (Å²) in [7, 11) is 0. The third-order valence-electron chi connectivity index (χ3n) is 3.29. The number of aryl methyl sites for hydroxylation is 1. The van der Waals surface area contributed by atoms with Crippen LogP contribution in [0.5, 0.6) is 0 Å². The second kappa shape index (κ2) is 6.68. The van der Waals surface area contributed by atoms with E-state index in [0.717, 1.165) is 20.9 Å². The molecule has 21 heavy (non-hydrogen) atoms. The fourth-order valence-electron chi connectivity index (χ4n) is 2.03. The van der Waals surface area contributed by atoms with Crippen molar-refractivity contribution < 1.29 is 5.21 Å². The number of oxime groups is 1. The van der Waals surface area contributed by atoms with Crippen molar-refractivity contribution in [2.45, 2.75) is 36.5 Å². The molecule has 0 bridgehead atoms. The van der Waals surface area contributed by atoms with Gasteiger partial charge in [-0.3, -0.25) is 0 Å². The van der Waals surface area contributed by atoms with Crippen molar-refractivity contribution >= 4 is 17.6 Å². The molecule has 0 spiro atoms. The predicted molar refractivity (Wildman–Crippen MR) is 88.3 cm³/mol. The van der Waals surface area contributed by atoms with E-state index >= 15 is 0 Å². The standard InChI is InChI=1S/C17H20N2OS/c1-11(2)13-5-7-14(8-6-13)21-16-9-4-12(3)10-15(16)17(18)19-20/h4-11,20H,1-3H3,(H2,18,19). The SMILES string of the molecule is Cc1ccc(Sc2ccc(C(C)C)cc2)c(/C(N)=N/O)c1. The monoisotopic (exact) mass is 300 g/mol. The summed E-state index contributed by atoms with van der Waals surface area (Å²) in [5, 5.41) is 12.0. The van der Waals surface area contributed by atoms with Crippen molar-refractivity contribution in [3.63, 3.8) is 0 Å². The Morgan fingerprint density at radius 3 is 2.38 bits per heavy atom. The summed E-state index contributed by atoms with van der Waals surface area (Å²) in [6, 6.07) is 14.5. The van der Waals surface area contributed by atoms with Crippen LogP contribution in [0, 0.1) is 6.92 Å². The molecule has 4 heteroatoms. The minimum Gasteiger partial charge on any atom is -0.409 e. The molecule has 2 aromatic rings. The van der Waals surface area contributed by atoms with Gasteiger partial charge in [0.15, 0.2) is 5.84 Å². The minimum atomic E-state index is 0.139. The van der Waals surface area contributed by atoms with Crippen LogP contribution in [0.25, 0.3) is 0 Å². The van der Waals surface area contributed by atoms with E-state index in [1.54, 1.807) is 11.8 Å². The molecule has 0 aliphatic heterocycles. The zero-order chi connectivity index (χ0) is 15.4.